The fraction of sp³-hybridized carbons (Fsp3) is 0.222. The van der Waals surface area contributed by atoms with E-state index in [1.807, 2.05) is 55.6 Å². The van der Waals surface area contributed by atoms with Crippen molar-refractivity contribution in [3.8, 4) is 10.6 Å². The summed E-state index contributed by atoms with van der Waals surface area (Å²) < 4.78 is 1.80. The van der Waals surface area contributed by atoms with E-state index in [9.17, 15) is 4.79 Å². The molecule has 124 valence electrons. The summed E-state index contributed by atoms with van der Waals surface area (Å²) in [4.78, 5) is 14.2. The zero-order valence-corrected chi connectivity index (χ0v) is 14.3. The predicted molar refractivity (Wildman–Crippen MR) is 97.0 cm³/mol. The van der Waals surface area contributed by atoms with Crippen LogP contribution < -0.4 is 11.1 Å². The molecule has 5 nitrogen and oxygen atoms in total. The lowest BCUT2D eigenvalue weighted by Gasteiger charge is -2.16. The summed E-state index contributed by atoms with van der Waals surface area (Å²) >= 11 is 1.46. The van der Waals surface area contributed by atoms with E-state index in [2.05, 4.69) is 10.4 Å². The van der Waals surface area contributed by atoms with Crippen LogP contribution in [0.1, 0.15) is 15.2 Å². The number of benzene rings is 1. The number of hydrogen-bond donors (Lipinski definition) is 2. The van der Waals surface area contributed by atoms with Gasteiger partial charge in [0.05, 0.1) is 15.4 Å². The summed E-state index contributed by atoms with van der Waals surface area (Å²) in [6.07, 6.45) is 2.47. The van der Waals surface area contributed by atoms with Gasteiger partial charge in [0.25, 0.3) is 5.91 Å². The molecule has 0 aliphatic carbocycles. The van der Waals surface area contributed by atoms with E-state index in [0.717, 1.165) is 22.6 Å². The van der Waals surface area contributed by atoms with Crippen LogP contribution >= 0.6 is 11.3 Å². The normalized spacial score (nSPS) is 12.1. The molecule has 0 spiro atoms. The van der Waals surface area contributed by atoms with Crippen molar-refractivity contribution in [2.45, 2.75) is 12.5 Å². The van der Waals surface area contributed by atoms with Gasteiger partial charge in [-0.25, -0.2) is 0 Å². The van der Waals surface area contributed by atoms with Crippen LogP contribution in [0.3, 0.4) is 0 Å². The average Bonchev–Trinajstić information content (AvgIpc) is 3.23. The summed E-state index contributed by atoms with van der Waals surface area (Å²) in [5.74, 6) is -0.0835. The zero-order chi connectivity index (χ0) is 16.9. The Morgan fingerprint density at radius 2 is 2.04 bits per heavy atom. The Bertz CT molecular complexity index is 809. The maximum absolute atomic E-state index is 12.5. The minimum atomic E-state index is -0.0835. The number of thiophene rings is 1. The van der Waals surface area contributed by atoms with Crippen molar-refractivity contribution in [2.24, 2.45) is 12.8 Å². The molecule has 1 unspecified atom stereocenters. The fourth-order valence-electron chi connectivity index (χ4n) is 2.56. The summed E-state index contributed by atoms with van der Waals surface area (Å²) in [5.41, 5.74) is 7.99. The van der Waals surface area contributed by atoms with Gasteiger partial charge < -0.3 is 11.1 Å². The quantitative estimate of drug-likeness (QED) is 0.724. The summed E-state index contributed by atoms with van der Waals surface area (Å²) in [6, 6.07) is 15.7. The van der Waals surface area contributed by atoms with Gasteiger partial charge in [-0.1, -0.05) is 30.3 Å². The molecule has 1 atom stereocenters. The van der Waals surface area contributed by atoms with Crippen LogP contribution in [0.25, 0.3) is 10.6 Å². The van der Waals surface area contributed by atoms with Crippen LogP contribution in [-0.2, 0) is 13.5 Å². The smallest absolute Gasteiger partial charge is 0.261 e. The number of carbonyl (C=O) groups is 1. The number of rotatable bonds is 6. The zero-order valence-electron chi connectivity index (χ0n) is 13.5. The molecular weight excluding hydrogens is 320 g/mol. The molecule has 0 aliphatic heterocycles. The molecule has 3 aromatic rings. The van der Waals surface area contributed by atoms with Gasteiger partial charge in [-0.05, 0) is 30.2 Å². The summed E-state index contributed by atoms with van der Waals surface area (Å²) in [6.45, 7) is 0.403. The number of aromatic nitrogens is 2. The maximum atomic E-state index is 12.5. The van der Waals surface area contributed by atoms with Gasteiger partial charge in [0.15, 0.2) is 0 Å². The van der Waals surface area contributed by atoms with Gasteiger partial charge in [-0.3, -0.25) is 9.48 Å². The molecule has 0 radical (unpaired) electrons. The number of nitrogens with two attached hydrogens (primary N) is 1. The van der Waals surface area contributed by atoms with Crippen LogP contribution in [0.4, 0.5) is 0 Å². The third-order valence-corrected chi connectivity index (χ3v) is 4.95. The predicted octanol–water partition coefficient (Wildman–Crippen LogP) is 2.45. The van der Waals surface area contributed by atoms with Gasteiger partial charge in [-0.15, -0.1) is 11.3 Å². The van der Waals surface area contributed by atoms with E-state index in [0.29, 0.717) is 11.4 Å². The van der Waals surface area contributed by atoms with Crippen molar-refractivity contribution >= 4 is 17.2 Å². The molecule has 0 saturated heterocycles. The molecular formula is C18H20N4OS. The number of nitrogens with zero attached hydrogens (tertiary/aromatic N) is 2. The van der Waals surface area contributed by atoms with Gasteiger partial charge in [-0.2, -0.15) is 5.10 Å². The first-order valence-electron chi connectivity index (χ1n) is 7.80. The van der Waals surface area contributed by atoms with E-state index >= 15 is 0 Å². The lowest BCUT2D eigenvalue weighted by molar-refractivity contribution is 0.0942. The van der Waals surface area contributed by atoms with Gasteiger partial charge in [0.1, 0.15) is 0 Å². The Kier molecular flexibility index (Phi) is 5.08. The number of nitrogens with one attached hydrogen (secondary N) is 1. The summed E-state index contributed by atoms with van der Waals surface area (Å²) in [5, 5.41) is 7.19. The molecule has 3 N–H and O–H groups in total. The summed E-state index contributed by atoms with van der Waals surface area (Å²) in [7, 11) is 1.89. The van der Waals surface area contributed by atoms with Crippen molar-refractivity contribution in [1.29, 1.82) is 0 Å². The minimum Gasteiger partial charge on any atom is -0.347 e. The standard InChI is InChI=1S/C18H20N4OS/c1-22-15(9-10-20-22)16-7-8-17(24-16)18(23)21-14(12-19)11-13-5-3-2-4-6-13/h2-10,14H,11-12,19H2,1H3,(H,21,23). The van der Waals surface area contributed by atoms with Gasteiger partial charge >= 0.3 is 0 Å². The van der Waals surface area contributed by atoms with Crippen LogP contribution in [0.15, 0.2) is 54.7 Å². The highest BCUT2D eigenvalue weighted by atomic mass is 32.1. The van der Waals surface area contributed by atoms with E-state index < -0.39 is 0 Å². The monoisotopic (exact) mass is 340 g/mol. The molecule has 0 bridgehead atoms. The molecule has 24 heavy (non-hydrogen) atoms. The molecule has 1 amide bonds. The lowest BCUT2D eigenvalue weighted by atomic mass is 10.1. The van der Waals surface area contributed by atoms with Crippen molar-refractivity contribution in [1.82, 2.24) is 15.1 Å². The van der Waals surface area contributed by atoms with Crippen molar-refractivity contribution in [3.63, 3.8) is 0 Å². The van der Waals surface area contributed by atoms with Crippen molar-refractivity contribution < 1.29 is 4.79 Å². The first kappa shape index (κ1) is 16.4. The highest BCUT2D eigenvalue weighted by molar-refractivity contribution is 7.17. The van der Waals surface area contributed by atoms with Crippen LogP contribution in [0.2, 0.25) is 0 Å². The number of amides is 1. The Hall–Kier alpha value is -2.44. The third kappa shape index (κ3) is 3.72. The molecule has 2 heterocycles. The highest BCUT2D eigenvalue weighted by Gasteiger charge is 2.16. The van der Waals surface area contributed by atoms with E-state index in [-0.39, 0.29) is 11.9 Å². The first-order chi connectivity index (χ1) is 11.7. The highest BCUT2D eigenvalue weighted by Crippen LogP contribution is 2.27. The molecule has 0 aliphatic rings. The minimum absolute atomic E-state index is 0.0813. The maximum Gasteiger partial charge on any atom is 0.261 e. The second-order valence-corrected chi connectivity index (χ2v) is 6.68. The Morgan fingerprint density at radius 3 is 2.71 bits per heavy atom. The van der Waals surface area contributed by atoms with Gasteiger partial charge in [0.2, 0.25) is 0 Å². The van der Waals surface area contributed by atoms with E-state index in [1.54, 1.807) is 10.9 Å². The average molecular weight is 340 g/mol. The number of aryl methyl sites for hydroxylation is 1. The number of carbonyl (C=O) groups excluding carboxylic acids is 1. The number of hydrogen-bond acceptors (Lipinski definition) is 4. The van der Waals surface area contributed by atoms with E-state index in [1.165, 1.54) is 11.3 Å². The SMILES string of the molecule is Cn1nccc1-c1ccc(C(=O)NC(CN)Cc2ccccc2)s1. The third-order valence-electron chi connectivity index (χ3n) is 3.85. The van der Waals surface area contributed by atoms with Crippen LogP contribution in [-0.4, -0.2) is 28.3 Å². The second kappa shape index (κ2) is 7.42. The Labute approximate surface area is 145 Å². The molecule has 0 fully saturated rings. The largest absolute Gasteiger partial charge is 0.347 e. The Balaban J connectivity index is 1.68. The van der Waals surface area contributed by atoms with Crippen LogP contribution in [0, 0.1) is 0 Å². The van der Waals surface area contributed by atoms with Crippen molar-refractivity contribution in [3.05, 3.63) is 65.2 Å². The topological polar surface area (TPSA) is 72.9 Å². The van der Waals surface area contributed by atoms with Crippen molar-refractivity contribution in [2.75, 3.05) is 6.54 Å². The lowest BCUT2D eigenvalue weighted by Crippen LogP contribution is -2.41. The molecule has 3 rings (SSSR count). The van der Waals surface area contributed by atoms with Gasteiger partial charge in [0, 0.05) is 25.8 Å². The molecule has 6 heteroatoms. The molecule has 2 aromatic heterocycles. The first-order valence-corrected chi connectivity index (χ1v) is 8.62. The van der Waals surface area contributed by atoms with Crippen LogP contribution in [0.5, 0.6) is 0 Å². The van der Waals surface area contributed by atoms with E-state index in [4.69, 9.17) is 5.73 Å². The molecule has 0 saturated carbocycles. The molecule has 1 aromatic carbocycles. The fourth-order valence-corrected chi connectivity index (χ4v) is 3.53. The second-order valence-electron chi connectivity index (χ2n) is 5.60. The Morgan fingerprint density at radius 1 is 1.25 bits per heavy atom.